The number of piperazine rings is 1. The molecule has 0 atom stereocenters. The molecule has 0 amide bonds. The zero-order valence-electron chi connectivity index (χ0n) is 9.82. The van der Waals surface area contributed by atoms with Gasteiger partial charge >= 0.3 is 5.97 Å². The lowest BCUT2D eigenvalue weighted by Gasteiger charge is -2.36. The average molecular weight is 215 g/mol. The van der Waals surface area contributed by atoms with Crippen molar-refractivity contribution in [1.82, 2.24) is 9.91 Å². The minimum atomic E-state index is -0.439. The van der Waals surface area contributed by atoms with Gasteiger partial charge in [0.15, 0.2) is 0 Å². The van der Waals surface area contributed by atoms with Crippen LogP contribution in [0.1, 0.15) is 13.8 Å². The van der Waals surface area contributed by atoms with Crippen LogP contribution in [0.5, 0.6) is 0 Å². The van der Waals surface area contributed by atoms with Crippen LogP contribution in [-0.2, 0) is 9.53 Å². The molecule has 1 aliphatic rings. The molecule has 1 aliphatic heterocycles. The fourth-order valence-corrected chi connectivity index (χ4v) is 1.82. The summed E-state index contributed by atoms with van der Waals surface area (Å²) in [6.45, 7) is 8.09. The summed E-state index contributed by atoms with van der Waals surface area (Å²) in [7, 11) is 1.43. The molecule has 2 N–H and O–H groups in total. The summed E-state index contributed by atoms with van der Waals surface area (Å²) in [6.07, 6.45) is 0. The van der Waals surface area contributed by atoms with Gasteiger partial charge in [0.2, 0.25) is 0 Å². The summed E-state index contributed by atoms with van der Waals surface area (Å²) in [5, 5.41) is 1.81. The highest BCUT2D eigenvalue weighted by atomic mass is 16.5. The molecule has 0 unspecified atom stereocenters. The van der Waals surface area contributed by atoms with Crippen molar-refractivity contribution < 1.29 is 9.53 Å². The predicted octanol–water partition coefficient (Wildman–Crippen LogP) is -0.323. The first-order valence-electron chi connectivity index (χ1n) is 5.26. The molecule has 1 heterocycles. The molecule has 15 heavy (non-hydrogen) atoms. The van der Waals surface area contributed by atoms with Gasteiger partial charge in [-0.2, -0.15) is 0 Å². The molecule has 1 fully saturated rings. The van der Waals surface area contributed by atoms with E-state index in [-0.39, 0.29) is 5.97 Å². The van der Waals surface area contributed by atoms with Crippen LogP contribution in [0.3, 0.4) is 0 Å². The van der Waals surface area contributed by atoms with Gasteiger partial charge in [0.05, 0.1) is 12.5 Å². The lowest BCUT2D eigenvalue weighted by molar-refractivity contribution is -0.152. The Bertz CT molecular complexity index is 223. The minimum absolute atomic E-state index is 0.155. The van der Waals surface area contributed by atoms with Crippen molar-refractivity contribution in [2.45, 2.75) is 13.8 Å². The number of nitrogens with two attached hydrogens (primary N) is 1. The van der Waals surface area contributed by atoms with E-state index in [9.17, 15) is 4.79 Å². The SMILES string of the molecule is COC(=O)C(C)(C)CN1CCN(N)CC1. The van der Waals surface area contributed by atoms with Gasteiger partial charge < -0.3 is 4.74 Å². The second-order valence-electron chi connectivity index (χ2n) is 4.69. The van der Waals surface area contributed by atoms with Crippen LogP contribution >= 0.6 is 0 Å². The second-order valence-corrected chi connectivity index (χ2v) is 4.69. The Labute approximate surface area is 91.1 Å². The molecule has 5 nitrogen and oxygen atoms in total. The third-order valence-corrected chi connectivity index (χ3v) is 2.76. The first kappa shape index (κ1) is 12.4. The number of hydrogen-bond acceptors (Lipinski definition) is 5. The van der Waals surface area contributed by atoms with Gasteiger partial charge in [-0.15, -0.1) is 0 Å². The molecule has 88 valence electrons. The number of esters is 1. The summed E-state index contributed by atoms with van der Waals surface area (Å²) in [5.74, 6) is 5.51. The maximum absolute atomic E-state index is 11.5. The largest absolute Gasteiger partial charge is 0.469 e. The molecule has 0 aromatic carbocycles. The number of carbonyl (C=O) groups is 1. The fourth-order valence-electron chi connectivity index (χ4n) is 1.82. The number of rotatable bonds is 3. The molecule has 1 rings (SSSR count). The Morgan fingerprint density at radius 3 is 2.33 bits per heavy atom. The molecule has 0 aromatic heterocycles. The Balaban J connectivity index is 2.43. The van der Waals surface area contributed by atoms with Gasteiger partial charge in [-0.25, -0.2) is 5.01 Å². The predicted molar refractivity (Wildman–Crippen MR) is 58.0 cm³/mol. The number of carbonyl (C=O) groups excluding carboxylic acids is 1. The first-order valence-corrected chi connectivity index (χ1v) is 5.26. The van der Waals surface area contributed by atoms with Gasteiger partial charge in [0.1, 0.15) is 0 Å². The molecule has 0 aliphatic carbocycles. The van der Waals surface area contributed by atoms with E-state index in [1.54, 1.807) is 0 Å². The van der Waals surface area contributed by atoms with E-state index in [1.807, 2.05) is 18.9 Å². The molecule has 0 radical (unpaired) electrons. The lowest BCUT2D eigenvalue weighted by atomic mass is 9.92. The van der Waals surface area contributed by atoms with E-state index in [4.69, 9.17) is 10.6 Å². The topological polar surface area (TPSA) is 58.8 Å². The van der Waals surface area contributed by atoms with Crippen molar-refractivity contribution in [3.63, 3.8) is 0 Å². The van der Waals surface area contributed by atoms with E-state index in [0.29, 0.717) is 0 Å². The summed E-state index contributed by atoms with van der Waals surface area (Å²) < 4.78 is 4.78. The van der Waals surface area contributed by atoms with Crippen molar-refractivity contribution >= 4 is 5.97 Å². The highest BCUT2D eigenvalue weighted by Gasteiger charge is 2.31. The molecule has 0 saturated carbocycles. The lowest BCUT2D eigenvalue weighted by Crippen LogP contribution is -2.52. The zero-order valence-corrected chi connectivity index (χ0v) is 9.82. The number of hydrazine groups is 1. The smallest absolute Gasteiger partial charge is 0.312 e. The highest BCUT2D eigenvalue weighted by Crippen LogP contribution is 2.19. The molecular formula is C10H21N3O2. The van der Waals surface area contributed by atoms with Crippen molar-refractivity contribution in [2.75, 3.05) is 39.8 Å². The third kappa shape index (κ3) is 3.44. The highest BCUT2D eigenvalue weighted by molar-refractivity contribution is 5.76. The monoisotopic (exact) mass is 215 g/mol. The Kier molecular flexibility index (Phi) is 4.07. The second kappa shape index (κ2) is 4.92. The normalized spacial score (nSPS) is 20.3. The molecule has 0 aromatic rings. The third-order valence-electron chi connectivity index (χ3n) is 2.76. The standard InChI is InChI=1S/C10H21N3O2/c1-10(2,9(14)15-3)8-12-4-6-13(11)7-5-12/h4-8,11H2,1-3H3. The molecule has 0 spiro atoms. The van der Waals surface area contributed by atoms with Gasteiger partial charge in [-0.3, -0.25) is 15.5 Å². The van der Waals surface area contributed by atoms with Gasteiger partial charge in [-0.05, 0) is 13.8 Å². The Morgan fingerprint density at radius 1 is 1.33 bits per heavy atom. The van der Waals surface area contributed by atoms with Crippen LogP contribution in [0.15, 0.2) is 0 Å². The van der Waals surface area contributed by atoms with Crippen molar-refractivity contribution in [2.24, 2.45) is 11.3 Å². The van der Waals surface area contributed by atoms with Crippen molar-refractivity contribution in [3.05, 3.63) is 0 Å². The molecule has 5 heteroatoms. The van der Waals surface area contributed by atoms with Gasteiger partial charge in [0.25, 0.3) is 0 Å². The average Bonchev–Trinajstić information content (AvgIpc) is 2.20. The van der Waals surface area contributed by atoms with E-state index < -0.39 is 5.41 Å². The molecular weight excluding hydrogens is 194 g/mol. The van der Waals surface area contributed by atoms with Crippen LogP contribution in [-0.4, -0.2) is 55.7 Å². The summed E-state index contributed by atoms with van der Waals surface area (Å²) in [4.78, 5) is 13.7. The summed E-state index contributed by atoms with van der Waals surface area (Å²) in [6, 6.07) is 0. The van der Waals surface area contributed by atoms with Crippen LogP contribution < -0.4 is 5.84 Å². The maximum Gasteiger partial charge on any atom is 0.312 e. The van der Waals surface area contributed by atoms with E-state index >= 15 is 0 Å². The quantitative estimate of drug-likeness (QED) is 0.516. The van der Waals surface area contributed by atoms with Crippen LogP contribution in [0, 0.1) is 5.41 Å². The maximum atomic E-state index is 11.5. The Morgan fingerprint density at radius 2 is 1.87 bits per heavy atom. The van der Waals surface area contributed by atoms with Gasteiger partial charge in [-0.1, -0.05) is 0 Å². The van der Waals surface area contributed by atoms with Crippen LogP contribution in [0.2, 0.25) is 0 Å². The van der Waals surface area contributed by atoms with E-state index in [0.717, 1.165) is 32.7 Å². The summed E-state index contributed by atoms with van der Waals surface area (Å²) >= 11 is 0. The van der Waals surface area contributed by atoms with Crippen LogP contribution in [0.4, 0.5) is 0 Å². The number of hydrogen-bond donors (Lipinski definition) is 1. The van der Waals surface area contributed by atoms with Crippen molar-refractivity contribution in [3.8, 4) is 0 Å². The molecule has 0 bridgehead atoms. The zero-order chi connectivity index (χ0) is 11.5. The summed E-state index contributed by atoms with van der Waals surface area (Å²) in [5.41, 5.74) is -0.439. The molecule has 1 saturated heterocycles. The fraction of sp³-hybridized carbons (Fsp3) is 0.900. The Hall–Kier alpha value is -0.650. The number of nitrogens with zero attached hydrogens (tertiary/aromatic N) is 2. The minimum Gasteiger partial charge on any atom is -0.469 e. The first-order chi connectivity index (χ1) is 6.95. The van der Waals surface area contributed by atoms with Crippen LogP contribution in [0.25, 0.3) is 0 Å². The number of methoxy groups -OCH3 is 1. The van der Waals surface area contributed by atoms with Gasteiger partial charge in [0, 0.05) is 32.7 Å². The van der Waals surface area contributed by atoms with Crippen molar-refractivity contribution in [1.29, 1.82) is 0 Å². The number of ether oxygens (including phenoxy) is 1. The van der Waals surface area contributed by atoms with E-state index in [2.05, 4.69) is 4.90 Å². The van der Waals surface area contributed by atoms with E-state index in [1.165, 1.54) is 7.11 Å².